The standard InChI is InChI=1S/C18H30N2/c1-14(2)11-19-12-16-7-5-6-8-18(16)20-10-9-17(13-20)15(3)4/h5-8,14-15,17,19H,9-13H2,1-4H3. The van der Waals surface area contributed by atoms with Crippen LogP contribution in [0.3, 0.4) is 0 Å². The highest BCUT2D eigenvalue weighted by molar-refractivity contribution is 5.54. The van der Waals surface area contributed by atoms with Crippen molar-refractivity contribution < 1.29 is 0 Å². The smallest absolute Gasteiger partial charge is 0.0411 e. The van der Waals surface area contributed by atoms with Crippen LogP contribution >= 0.6 is 0 Å². The molecule has 1 saturated heterocycles. The molecule has 0 aliphatic carbocycles. The van der Waals surface area contributed by atoms with Gasteiger partial charge in [-0.25, -0.2) is 0 Å². The summed E-state index contributed by atoms with van der Waals surface area (Å²) in [5.41, 5.74) is 2.88. The molecule has 1 fully saturated rings. The second-order valence-electron chi connectivity index (χ2n) is 6.89. The van der Waals surface area contributed by atoms with Gasteiger partial charge in [0.1, 0.15) is 0 Å². The van der Waals surface area contributed by atoms with Crippen LogP contribution in [0.25, 0.3) is 0 Å². The van der Waals surface area contributed by atoms with Crippen LogP contribution in [0.15, 0.2) is 24.3 Å². The monoisotopic (exact) mass is 274 g/mol. The van der Waals surface area contributed by atoms with Gasteiger partial charge in [0, 0.05) is 25.3 Å². The molecule has 0 amide bonds. The van der Waals surface area contributed by atoms with Crippen LogP contribution in [0.4, 0.5) is 5.69 Å². The lowest BCUT2D eigenvalue weighted by molar-refractivity contribution is 0.422. The van der Waals surface area contributed by atoms with E-state index in [-0.39, 0.29) is 0 Å². The first-order valence-electron chi connectivity index (χ1n) is 8.11. The van der Waals surface area contributed by atoms with Crippen LogP contribution in [0.5, 0.6) is 0 Å². The molecule has 2 heteroatoms. The lowest BCUT2D eigenvalue weighted by Gasteiger charge is -2.23. The van der Waals surface area contributed by atoms with E-state index in [0.29, 0.717) is 5.92 Å². The van der Waals surface area contributed by atoms with Crippen LogP contribution in [-0.4, -0.2) is 19.6 Å². The Morgan fingerprint density at radius 3 is 2.60 bits per heavy atom. The molecule has 0 saturated carbocycles. The predicted molar refractivity (Wildman–Crippen MR) is 88.1 cm³/mol. The number of para-hydroxylation sites is 1. The van der Waals surface area contributed by atoms with Crippen LogP contribution in [0, 0.1) is 17.8 Å². The molecule has 0 bridgehead atoms. The van der Waals surface area contributed by atoms with E-state index in [4.69, 9.17) is 0 Å². The van der Waals surface area contributed by atoms with Crippen molar-refractivity contribution in [2.24, 2.45) is 17.8 Å². The number of nitrogens with zero attached hydrogens (tertiary/aromatic N) is 1. The number of benzene rings is 1. The van der Waals surface area contributed by atoms with Crippen molar-refractivity contribution in [2.45, 2.75) is 40.7 Å². The van der Waals surface area contributed by atoms with Crippen LogP contribution in [0.1, 0.15) is 39.7 Å². The van der Waals surface area contributed by atoms with Gasteiger partial charge in [-0.3, -0.25) is 0 Å². The van der Waals surface area contributed by atoms with Crippen molar-refractivity contribution in [2.75, 3.05) is 24.5 Å². The van der Waals surface area contributed by atoms with E-state index in [1.54, 1.807) is 0 Å². The molecular formula is C18H30N2. The summed E-state index contributed by atoms with van der Waals surface area (Å²) in [7, 11) is 0. The molecule has 2 rings (SSSR count). The minimum atomic E-state index is 0.708. The molecule has 112 valence electrons. The number of nitrogens with one attached hydrogen (secondary N) is 1. The molecule has 1 aliphatic heterocycles. The summed E-state index contributed by atoms with van der Waals surface area (Å²) < 4.78 is 0. The first-order chi connectivity index (χ1) is 9.58. The summed E-state index contributed by atoms with van der Waals surface area (Å²) in [6, 6.07) is 8.89. The zero-order valence-electron chi connectivity index (χ0n) is 13.5. The molecule has 1 aromatic carbocycles. The Morgan fingerprint density at radius 1 is 1.20 bits per heavy atom. The highest BCUT2D eigenvalue weighted by Crippen LogP contribution is 2.30. The number of anilines is 1. The Kier molecular flexibility index (Phi) is 5.47. The Balaban J connectivity index is 2.01. The maximum atomic E-state index is 3.57. The lowest BCUT2D eigenvalue weighted by atomic mass is 9.95. The Morgan fingerprint density at radius 2 is 1.95 bits per heavy atom. The van der Waals surface area contributed by atoms with Gasteiger partial charge in [-0.15, -0.1) is 0 Å². The molecule has 1 aliphatic rings. The summed E-state index contributed by atoms with van der Waals surface area (Å²) in [6.07, 6.45) is 1.34. The van der Waals surface area contributed by atoms with Gasteiger partial charge in [0.15, 0.2) is 0 Å². The van der Waals surface area contributed by atoms with Crippen molar-refractivity contribution >= 4 is 5.69 Å². The molecule has 1 atom stereocenters. The maximum Gasteiger partial charge on any atom is 0.0411 e. The van der Waals surface area contributed by atoms with E-state index in [0.717, 1.165) is 24.9 Å². The average molecular weight is 274 g/mol. The van der Waals surface area contributed by atoms with Crippen LogP contribution < -0.4 is 10.2 Å². The quantitative estimate of drug-likeness (QED) is 0.846. The molecular weight excluding hydrogens is 244 g/mol. The minimum Gasteiger partial charge on any atom is -0.371 e. The molecule has 1 aromatic rings. The van der Waals surface area contributed by atoms with Gasteiger partial charge >= 0.3 is 0 Å². The van der Waals surface area contributed by atoms with E-state index in [1.165, 1.54) is 30.8 Å². The van der Waals surface area contributed by atoms with Gasteiger partial charge in [-0.05, 0) is 42.3 Å². The SMILES string of the molecule is CC(C)CNCc1ccccc1N1CCC(C(C)C)C1. The van der Waals surface area contributed by atoms with Gasteiger partial charge in [-0.1, -0.05) is 45.9 Å². The summed E-state index contributed by atoms with van der Waals surface area (Å²) in [5.74, 6) is 2.36. The normalized spacial score (nSPS) is 19.3. The van der Waals surface area contributed by atoms with Crippen molar-refractivity contribution in [1.82, 2.24) is 5.32 Å². The van der Waals surface area contributed by atoms with Gasteiger partial charge in [0.2, 0.25) is 0 Å². The third-order valence-electron chi connectivity index (χ3n) is 4.37. The van der Waals surface area contributed by atoms with E-state index in [1.807, 2.05) is 0 Å². The number of hydrogen-bond donors (Lipinski definition) is 1. The first-order valence-corrected chi connectivity index (χ1v) is 8.11. The molecule has 0 radical (unpaired) electrons. The third kappa shape index (κ3) is 3.99. The molecule has 1 heterocycles. The maximum absolute atomic E-state index is 3.57. The summed E-state index contributed by atoms with van der Waals surface area (Å²) in [5, 5.41) is 3.57. The van der Waals surface area contributed by atoms with E-state index in [2.05, 4.69) is 62.2 Å². The highest BCUT2D eigenvalue weighted by Gasteiger charge is 2.25. The summed E-state index contributed by atoms with van der Waals surface area (Å²) in [6.45, 7) is 13.7. The van der Waals surface area contributed by atoms with E-state index in [9.17, 15) is 0 Å². The molecule has 1 N–H and O–H groups in total. The van der Waals surface area contributed by atoms with Crippen LogP contribution in [-0.2, 0) is 6.54 Å². The lowest BCUT2D eigenvalue weighted by Crippen LogP contribution is -2.25. The average Bonchev–Trinajstić information content (AvgIpc) is 2.88. The Bertz CT molecular complexity index is 412. The minimum absolute atomic E-state index is 0.708. The van der Waals surface area contributed by atoms with Crippen molar-refractivity contribution in [1.29, 1.82) is 0 Å². The topological polar surface area (TPSA) is 15.3 Å². The highest BCUT2D eigenvalue weighted by atomic mass is 15.2. The fourth-order valence-electron chi connectivity index (χ4n) is 3.01. The Hall–Kier alpha value is -1.02. The zero-order chi connectivity index (χ0) is 14.5. The fourth-order valence-corrected chi connectivity index (χ4v) is 3.01. The van der Waals surface area contributed by atoms with Crippen molar-refractivity contribution in [3.8, 4) is 0 Å². The second kappa shape index (κ2) is 7.12. The molecule has 0 aromatic heterocycles. The van der Waals surface area contributed by atoms with Gasteiger partial charge in [0.25, 0.3) is 0 Å². The van der Waals surface area contributed by atoms with Gasteiger partial charge in [-0.2, -0.15) is 0 Å². The second-order valence-corrected chi connectivity index (χ2v) is 6.89. The van der Waals surface area contributed by atoms with E-state index >= 15 is 0 Å². The first kappa shape index (κ1) is 15.4. The van der Waals surface area contributed by atoms with Gasteiger partial charge < -0.3 is 10.2 Å². The summed E-state index contributed by atoms with van der Waals surface area (Å²) >= 11 is 0. The largest absolute Gasteiger partial charge is 0.371 e. The van der Waals surface area contributed by atoms with Crippen LogP contribution in [0.2, 0.25) is 0 Å². The number of rotatable bonds is 6. The Labute approximate surface area is 124 Å². The fraction of sp³-hybridized carbons (Fsp3) is 0.667. The molecule has 1 unspecified atom stereocenters. The third-order valence-corrected chi connectivity index (χ3v) is 4.37. The summed E-state index contributed by atoms with van der Waals surface area (Å²) in [4.78, 5) is 2.58. The predicted octanol–water partition coefficient (Wildman–Crippen LogP) is 3.91. The van der Waals surface area contributed by atoms with Crippen molar-refractivity contribution in [3.05, 3.63) is 29.8 Å². The van der Waals surface area contributed by atoms with Gasteiger partial charge in [0.05, 0.1) is 0 Å². The number of hydrogen-bond acceptors (Lipinski definition) is 2. The molecule has 20 heavy (non-hydrogen) atoms. The molecule has 2 nitrogen and oxygen atoms in total. The van der Waals surface area contributed by atoms with Crippen molar-refractivity contribution in [3.63, 3.8) is 0 Å². The van der Waals surface area contributed by atoms with E-state index < -0.39 is 0 Å². The zero-order valence-corrected chi connectivity index (χ0v) is 13.5. The molecule has 0 spiro atoms.